The van der Waals surface area contributed by atoms with Gasteiger partial charge < -0.3 is 9.64 Å². The van der Waals surface area contributed by atoms with Gasteiger partial charge in [0, 0.05) is 29.4 Å². The molecular weight excluding hydrogens is 302 g/mol. The third kappa shape index (κ3) is 3.54. The lowest BCUT2D eigenvalue weighted by atomic mass is 10.1. The Labute approximate surface area is 133 Å². The molecule has 5 nitrogen and oxygen atoms in total. The fraction of sp³-hybridized carbons (Fsp3) is 0.312. The molecule has 1 atom stereocenters. The van der Waals surface area contributed by atoms with Crippen LogP contribution in [0.15, 0.2) is 42.9 Å². The number of amides is 1. The molecule has 2 aromatic rings. The first-order valence-corrected chi connectivity index (χ1v) is 7.58. The lowest BCUT2D eigenvalue weighted by molar-refractivity contribution is 0.0527. The predicted molar refractivity (Wildman–Crippen MR) is 83.0 cm³/mol. The third-order valence-corrected chi connectivity index (χ3v) is 3.81. The summed E-state index contributed by atoms with van der Waals surface area (Å²) in [5.41, 5.74) is 0.607. The molecule has 0 N–H and O–H groups in total. The fourth-order valence-corrected chi connectivity index (χ4v) is 2.73. The number of rotatable bonds is 3. The summed E-state index contributed by atoms with van der Waals surface area (Å²) in [6, 6.07) is 8.74. The number of hydrogen-bond acceptors (Lipinski definition) is 4. The van der Waals surface area contributed by atoms with Gasteiger partial charge in [-0.05, 0) is 31.0 Å². The normalized spacial score (nSPS) is 18.0. The second-order valence-electron chi connectivity index (χ2n) is 5.19. The molecule has 1 saturated heterocycles. The number of hydrogen-bond donors (Lipinski definition) is 0. The van der Waals surface area contributed by atoms with E-state index >= 15 is 0 Å². The summed E-state index contributed by atoms with van der Waals surface area (Å²) in [5, 5.41) is 0.566. The molecule has 0 bridgehead atoms. The van der Waals surface area contributed by atoms with Crippen LogP contribution in [-0.4, -0.2) is 40.0 Å². The van der Waals surface area contributed by atoms with Gasteiger partial charge in [-0.15, -0.1) is 0 Å². The van der Waals surface area contributed by atoms with Crippen LogP contribution in [0.25, 0.3) is 0 Å². The Morgan fingerprint density at radius 3 is 3.05 bits per heavy atom. The van der Waals surface area contributed by atoms with Gasteiger partial charge in [0.2, 0.25) is 5.88 Å². The number of carbonyl (C=O) groups is 1. The summed E-state index contributed by atoms with van der Waals surface area (Å²) in [4.78, 5) is 22.3. The summed E-state index contributed by atoms with van der Waals surface area (Å²) in [6.45, 7) is 1.28. The highest BCUT2D eigenvalue weighted by molar-refractivity contribution is 6.30. The second-order valence-corrected chi connectivity index (χ2v) is 5.63. The highest BCUT2D eigenvalue weighted by Gasteiger charge is 2.26. The number of likely N-dealkylation sites (tertiary alicyclic amines) is 1. The van der Waals surface area contributed by atoms with E-state index in [4.69, 9.17) is 16.3 Å². The first-order valence-electron chi connectivity index (χ1n) is 7.20. The van der Waals surface area contributed by atoms with Gasteiger partial charge in [-0.1, -0.05) is 17.7 Å². The van der Waals surface area contributed by atoms with E-state index in [0.29, 0.717) is 23.0 Å². The van der Waals surface area contributed by atoms with Crippen molar-refractivity contribution < 1.29 is 9.53 Å². The fourth-order valence-electron chi connectivity index (χ4n) is 2.54. The van der Waals surface area contributed by atoms with Crippen molar-refractivity contribution in [2.75, 3.05) is 13.1 Å². The zero-order valence-electron chi connectivity index (χ0n) is 12.0. The average molecular weight is 318 g/mol. The van der Waals surface area contributed by atoms with Gasteiger partial charge in [-0.2, -0.15) is 0 Å². The van der Waals surface area contributed by atoms with Crippen LogP contribution in [0.1, 0.15) is 23.2 Å². The number of carbonyl (C=O) groups excluding carboxylic acids is 1. The quantitative estimate of drug-likeness (QED) is 0.873. The van der Waals surface area contributed by atoms with Crippen LogP contribution in [0.5, 0.6) is 5.88 Å². The summed E-state index contributed by atoms with van der Waals surface area (Å²) < 4.78 is 5.82. The molecule has 0 aliphatic carbocycles. The lowest BCUT2D eigenvalue weighted by Gasteiger charge is -2.32. The van der Waals surface area contributed by atoms with Gasteiger partial charge >= 0.3 is 0 Å². The van der Waals surface area contributed by atoms with Crippen molar-refractivity contribution in [3.05, 3.63) is 53.4 Å². The zero-order valence-corrected chi connectivity index (χ0v) is 12.7. The molecule has 3 rings (SSSR count). The van der Waals surface area contributed by atoms with Gasteiger partial charge in [-0.3, -0.25) is 4.79 Å². The van der Waals surface area contributed by atoms with E-state index in [1.54, 1.807) is 41.4 Å². The molecular formula is C16H16ClN3O2. The monoisotopic (exact) mass is 317 g/mol. The van der Waals surface area contributed by atoms with Crippen molar-refractivity contribution in [1.82, 2.24) is 14.9 Å². The van der Waals surface area contributed by atoms with E-state index in [9.17, 15) is 4.79 Å². The topological polar surface area (TPSA) is 55.3 Å². The first kappa shape index (κ1) is 14.8. The van der Waals surface area contributed by atoms with Crippen LogP contribution in [0.4, 0.5) is 0 Å². The third-order valence-electron chi connectivity index (χ3n) is 3.58. The van der Waals surface area contributed by atoms with Crippen LogP contribution in [0, 0.1) is 0 Å². The molecule has 22 heavy (non-hydrogen) atoms. The molecule has 1 fully saturated rings. The van der Waals surface area contributed by atoms with Gasteiger partial charge in [0.05, 0.1) is 6.54 Å². The van der Waals surface area contributed by atoms with Gasteiger partial charge in [0.25, 0.3) is 5.91 Å². The number of benzene rings is 1. The van der Waals surface area contributed by atoms with Crippen LogP contribution in [-0.2, 0) is 0 Å². The summed E-state index contributed by atoms with van der Waals surface area (Å²) in [6.07, 6.45) is 4.85. The largest absolute Gasteiger partial charge is 0.472 e. The molecule has 0 spiro atoms. The average Bonchev–Trinajstić information content (AvgIpc) is 2.55. The van der Waals surface area contributed by atoms with Crippen molar-refractivity contribution in [3.63, 3.8) is 0 Å². The van der Waals surface area contributed by atoms with Crippen molar-refractivity contribution in [2.45, 2.75) is 18.9 Å². The Bertz CT molecular complexity index is 651. The van der Waals surface area contributed by atoms with E-state index in [2.05, 4.69) is 9.97 Å². The number of ether oxygens (including phenoxy) is 1. The second kappa shape index (κ2) is 6.75. The lowest BCUT2D eigenvalue weighted by Crippen LogP contribution is -2.44. The minimum Gasteiger partial charge on any atom is -0.472 e. The standard InChI is InChI=1S/C16H16ClN3O2/c17-13-4-1-3-12(9-13)16(21)20-8-2-5-14(10-20)22-15-6-7-18-11-19-15/h1,3-4,6-7,9,11,14H,2,5,8,10H2/t14-/m0/s1. The molecule has 0 radical (unpaired) electrons. The molecule has 1 aromatic carbocycles. The molecule has 2 heterocycles. The maximum absolute atomic E-state index is 12.5. The van der Waals surface area contributed by atoms with Crippen molar-refractivity contribution >= 4 is 17.5 Å². The number of nitrogens with zero attached hydrogens (tertiary/aromatic N) is 3. The maximum Gasteiger partial charge on any atom is 0.254 e. The Morgan fingerprint density at radius 2 is 2.27 bits per heavy atom. The van der Waals surface area contributed by atoms with Gasteiger partial charge in [0.15, 0.2) is 0 Å². The van der Waals surface area contributed by atoms with Crippen LogP contribution in [0.3, 0.4) is 0 Å². The number of piperidine rings is 1. The van der Waals surface area contributed by atoms with Crippen LogP contribution in [0.2, 0.25) is 5.02 Å². The highest BCUT2D eigenvalue weighted by Crippen LogP contribution is 2.19. The minimum atomic E-state index is -0.0493. The molecule has 1 aliphatic rings. The molecule has 1 aromatic heterocycles. The van der Waals surface area contributed by atoms with Crippen molar-refractivity contribution in [3.8, 4) is 5.88 Å². The highest BCUT2D eigenvalue weighted by atomic mass is 35.5. The summed E-state index contributed by atoms with van der Waals surface area (Å²) in [5.74, 6) is 0.524. The van der Waals surface area contributed by atoms with E-state index < -0.39 is 0 Å². The number of aromatic nitrogens is 2. The van der Waals surface area contributed by atoms with Crippen molar-refractivity contribution in [1.29, 1.82) is 0 Å². The zero-order chi connectivity index (χ0) is 15.4. The maximum atomic E-state index is 12.5. The predicted octanol–water partition coefficient (Wildman–Crippen LogP) is 2.81. The Kier molecular flexibility index (Phi) is 4.53. The van der Waals surface area contributed by atoms with Crippen LogP contribution >= 0.6 is 11.6 Å². The summed E-state index contributed by atoms with van der Waals surface area (Å²) >= 11 is 5.95. The molecule has 0 saturated carbocycles. The molecule has 1 amide bonds. The SMILES string of the molecule is O=C(c1cccc(Cl)c1)N1CCC[C@H](Oc2ccncn2)C1. The Balaban J connectivity index is 1.66. The van der Waals surface area contributed by atoms with Crippen LogP contribution < -0.4 is 4.74 Å². The van der Waals surface area contributed by atoms with E-state index in [1.807, 2.05) is 0 Å². The Morgan fingerprint density at radius 1 is 1.36 bits per heavy atom. The first-order chi connectivity index (χ1) is 10.7. The minimum absolute atomic E-state index is 0.0153. The van der Waals surface area contributed by atoms with Crippen molar-refractivity contribution in [2.24, 2.45) is 0 Å². The molecule has 0 unspecified atom stereocenters. The Hall–Kier alpha value is -2.14. The molecule has 1 aliphatic heterocycles. The number of halogens is 1. The van der Waals surface area contributed by atoms with E-state index in [1.165, 1.54) is 6.33 Å². The smallest absolute Gasteiger partial charge is 0.254 e. The van der Waals surface area contributed by atoms with E-state index in [0.717, 1.165) is 19.4 Å². The van der Waals surface area contributed by atoms with E-state index in [-0.39, 0.29) is 12.0 Å². The molecule has 6 heteroatoms. The van der Waals surface area contributed by atoms with Gasteiger partial charge in [-0.25, -0.2) is 9.97 Å². The van der Waals surface area contributed by atoms with Gasteiger partial charge in [0.1, 0.15) is 12.4 Å². The molecule has 114 valence electrons. The summed E-state index contributed by atoms with van der Waals surface area (Å²) in [7, 11) is 0.